The van der Waals surface area contributed by atoms with E-state index < -0.39 is 7.82 Å². The minimum Gasteiger partial charge on any atom is -0.381 e. The number of quaternary nitrogens is 1. The van der Waals surface area contributed by atoms with Crippen LogP contribution in [0.1, 0.15) is 110 Å². The molecule has 0 radical (unpaired) electrons. The number of terminal acetylenes is 1. The Balaban J connectivity index is 3.86. The molecule has 0 aromatic heterocycles. The topological polar surface area (TPSA) is 76.0 Å². The minimum absolute atomic E-state index is 0.00614. The fourth-order valence-electron chi connectivity index (χ4n) is 4.20. The van der Waals surface area contributed by atoms with Crippen molar-refractivity contribution in [2.45, 2.75) is 116 Å². The fraction of sp³-hybridized carbons (Fsp3) is 0.926. The Bertz CT molecular complexity index is 552. The smallest absolute Gasteiger partial charge is 0.381 e. The number of rotatable bonds is 24. The van der Waals surface area contributed by atoms with Crippen LogP contribution < -0.4 is 0 Å². The Morgan fingerprint density at radius 1 is 0.824 bits per heavy atom. The standard InChI is InChI=1S/C27H54NO5P/c1-6-8-9-10-11-12-13-14-15-16-17-18-19-20-22-32-24-26(21-7-2)23-27(28(3,4)5)25-33-34(29,30)31/h2,26-27H,6,8-25H2,1,3-5H3,(H-,29,30,31)/p+1. The summed E-state index contributed by atoms with van der Waals surface area (Å²) in [5, 5.41) is 0. The van der Waals surface area contributed by atoms with Crippen LogP contribution in [0.3, 0.4) is 0 Å². The zero-order valence-electron chi connectivity index (χ0n) is 22.7. The molecule has 0 spiro atoms. The molecule has 34 heavy (non-hydrogen) atoms. The van der Waals surface area contributed by atoms with Crippen molar-refractivity contribution in [3.8, 4) is 12.3 Å². The molecule has 0 rings (SSSR count). The molecule has 0 saturated carbocycles. The summed E-state index contributed by atoms with van der Waals surface area (Å²) in [6, 6.07) is -0.0735. The van der Waals surface area contributed by atoms with Crippen molar-refractivity contribution in [1.82, 2.24) is 0 Å². The van der Waals surface area contributed by atoms with E-state index in [2.05, 4.69) is 12.8 Å². The molecule has 2 atom stereocenters. The predicted molar refractivity (Wildman–Crippen MR) is 143 cm³/mol. The molecule has 0 aliphatic heterocycles. The second-order valence-electron chi connectivity index (χ2n) is 10.7. The van der Waals surface area contributed by atoms with Crippen LogP contribution >= 0.6 is 7.82 Å². The molecule has 0 aromatic carbocycles. The van der Waals surface area contributed by atoms with Gasteiger partial charge in [0.25, 0.3) is 0 Å². The van der Waals surface area contributed by atoms with Gasteiger partial charge < -0.3 is 19.0 Å². The van der Waals surface area contributed by atoms with E-state index in [9.17, 15) is 4.57 Å². The highest BCUT2D eigenvalue weighted by Crippen LogP contribution is 2.36. The second-order valence-corrected chi connectivity index (χ2v) is 12.0. The van der Waals surface area contributed by atoms with Crippen molar-refractivity contribution in [3.05, 3.63) is 0 Å². The van der Waals surface area contributed by atoms with Gasteiger partial charge in [-0.1, -0.05) is 90.4 Å². The number of unbranched alkanes of at least 4 members (excludes halogenated alkanes) is 13. The molecular formula is C27H55NO5P+. The number of hydrogen-bond donors (Lipinski definition) is 2. The second kappa shape index (κ2) is 20.7. The monoisotopic (exact) mass is 504 g/mol. The lowest BCUT2D eigenvalue weighted by atomic mass is 9.96. The van der Waals surface area contributed by atoms with Crippen molar-refractivity contribution in [2.24, 2.45) is 5.92 Å². The number of ether oxygens (including phenoxy) is 1. The third-order valence-corrected chi connectivity index (χ3v) is 7.02. The SMILES string of the molecule is C#CCC(COCCCCCCCCCCCCCCCC)CC(COP(=O)(O)O)[N+](C)(C)C. The van der Waals surface area contributed by atoms with Crippen LogP contribution in [0.25, 0.3) is 0 Å². The summed E-state index contributed by atoms with van der Waals surface area (Å²) in [6.07, 6.45) is 25.6. The van der Waals surface area contributed by atoms with Crippen LogP contribution in [0, 0.1) is 18.3 Å². The van der Waals surface area contributed by atoms with Crippen molar-refractivity contribution >= 4 is 7.82 Å². The van der Waals surface area contributed by atoms with Gasteiger partial charge in [-0.3, -0.25) is 4.52 Å². The Kier molecular flexibility index (Phi) is 20.5. The van der Waals surface area contributed by atoms with Crippen LogP contribution in [0.5, 0.6) is 0 Å². The summed E-state index contributed by atoms with van der Waals surface area (Å²) in [7, 11) is 1.50. The van der Waals surface area contributed by atoms with Gasteiger partial charge in [-0.2, -0.15) is 0 Å². The van der Waals surface area contributed by atoms with Gasteiger partial charge >= 0.3 is 7.82 Å². The molecule has 0 aliphatic rings. The maximum Gasteiger partial charge on any atom is 0.469 e. The summed E-state index contributed by atoms with van der Waals surface area (Å²) < 4.78 is 22.4. The first kappa shape index (κ1) is 33.6. The van der Waals surface area contributed by atoms with Crippen LogP contribution in [-0.2, 0) is 13.8 Å². The first-order valence-electron chi connectivity index (χ1n) is 13.6. The molecule has 0 fully saturated rings. The van der Waals surface area contributed by atoms with E-state index in [1.54, 1.807) is 0 Å². The molecular weight excluding hydrogens is 449 g/mol. The zero-order valence-corrected chi connectivity index (χ0v) is 23.6. The zero-order chi connectivity index (χ0) is 25.7. The lowest BCUT2D eigenvalue weighted by Gasteiger charge is -2.35. The summed E-state index contributed by atoms with van der Waals surface area (Å²) in [4.78, 5) is 18.1. The van der Waals surface area contributed by atoms with E-state index in [-0.39, 0.29) is 18.6 Å². The molecule has 7 heteroatoms. The van der Waals surface area contributed by atoms with E-state index in [1.165, 1.54) is 83.5 Å². The van der Waals surface area contributed by atoms with Gasteiger partial charge in [0.2, 0.25) is 0 Å². The van der Waals surface area contributed by atoms with E-state index in [4.69, 9.17) is 25.5 Å². The van der Waals surface area contributed by atoms with Gasteiger partial charge in [-0.15, -0.1) is 12.3 Å². The summed E-state index contributed by atoms with van der Waals surface area (Å²) in [6.45, 7) is 3.59. The quantitative estimate of drug-likeness (QED) is 0.0662. The van der Waals surface area contributed by atoms with E-state index in [0.717, 1.165) is 13.0 Å². The van der Waals surface area contributed by atoms with Crippen molar-refractivity contribution in [2.75, 3.05) is 41.0 Å². The molecule has 2 unspecified atom stereocenters. The number of likely N-dealkylation sites (N-methyl/N-ethyl adjacent to an activating group) is 1. The van der Waals surface area contributed by atoms with Crippen molar-refractivity contribution in [3.63, 3.8) is 0 Å². The first-order valence-corrected chi connectivity index (χ1v) is 15.2. The Hall–Kier alpha value is -0.410. The van der Waals surface area contributed by atoms with E-state index in [1.807, 2.05) is 21.1 Å². The Labute approximate surface area is 211 Å². The number of phosphoric acid groups is 1. The van der Waals surface area contributed by atoms with Gasteiger partial charge in [0.1, 0.15) is 12.6 Å². The highest BCUT2D eigenvalue weighted by molar-refractivity contribution is 7.46. The maximum absolute atomic E-state index is 11.1. The molecule has 202 valence electrons. The van der Waals surface area contributed by atoms with E-state index in [0.29, 0.717) is 23.9 Å². The van der Waals surface area contributed by atoms with Crippen LogP contribution in [0.4, 0.5) is 0 Å². The Morgan fingerprint density at radius 3 is 1.71 bits per heavy atom. The van der Waals surface area contributed by atoms with Gasteiger partial charge in [-0.25, -0.2) is 4.57 Å². The highest BCUT2D eigenvalue weighted by Gasteiger charge is 2.30. The molecule has 6 nitrogen and oxygen atoms in total. The summed E-state index contributed by atoms with van der Waals surface area (Å²) >= 11 is 0. The lowest BCUT2D eigenvalue weighted by Crippen LogP contribution is -2.48. The highest BCUT2D eigenvalue weighted by atomic mass is 31.2. The fourth-order valence-corrected chi connectivity index (χ4v) is 4.57. The van der Waals surface area contributed by atoms with Crippen LogP contribution in [0.15, 0.2) is 0 Å². The van der Waals surface area contributed by atoms with Crippen LogP contribution in [-0.4, -0.2) is 61.3 Å². The largest absolute Gasteiger partial charge is 0.469 e. The number of nitrogens with zero attached hydrogens (tertiary/aromatic N) is 1. The summed E-state index contributed by atoms with van der Waals surface area (Å²) in [5.41, 5.74) is 0. The molecule has 2 N–H and O–H groups in total. The molecule has 0 heterocycles. The van der Waals surface area contributed by atoms with Crippen molar-refractivity contribution < 1.29 is 28.1 Å². The van der Waals surface area contributed by atoms with Gasteiger partial charge in [0, 0.05) is 19.4 Å². The normalized spacial score (nSPS) is 14.1. The molecule has 0 bridgehead atoms. The molecule has 0 amide bonds. The minimum atomic E-state index is -4.48. The summed E-state index contributed by atoms with van der Waals surface area (Å²) in [5.74, 6) is 2.87. The van der Waals surface area contributed by atoms with Crippen LogP contribution in [0.2, 0.25) is 0 Å². The average molecular weight is 505 g/mol. The third-order valence-electron chi connectivity index (χ3n) is 6.54. The first-order chi connectivity index (χ1) is 16.1. The van der Waals surface area contributed by atoms with Gasteiger partial charge in [0.05, 0.1) is 27.7 Å². The maximum atomic E-state index is 11.1. The third kappa shape index (κ3) is 22.1. The number of phosphoric ester groups is 1. The molecule has 0 aromatic rings. The van der Waals surface area contributed by atoms with E-state index >= 15 is 0 Å². The molecule has 0 aliphatic carbocycles. The predicted octanol–water partition coefficient (Wildman–Crippen LogP) is 6.70. The van der Waals surface area contributed by atoms with Gasteiger partial charge in [-0.05, 0) is 12.3 Å². The van der Waals surface area contributed by atoms with Gasteiger partial charge in [0.15, 0.2) is 0 Å². The molecule has 0 saturated heterocycles. The Morgan fingerprint density at radius 2 is 1.29 bits per heavy atom. The number of hydrogen-bond acceptors (Lipinski definition) is 3. The lowest BCUT2D eigenvalue weighted by molar-refractivity contribution is -0.897. The van der Waals surface area contributed by atoms with Crippen molar-refractivity contribution in [1.29, 1.82) is 0 Å². The average Bonchev–Trinajstić information content (AvgIpc) is 2.74.